The van der Waals surface area contributed by atoms with Crippen LogP contribution in [-0.4, -0.2) is 9.55 Å². The highest BCUT2D eigenvalue weighted by Crippen LogP contribution is 2.15. The molecule has 2 nitrogen and oxygen atoms in total. The first kappa shape index (κ1) is 7.35. The molecule has 11 heavy (non-hydrogen) atoms. The number of aromatic nitrogens is 2. The van der Waals surface area contributed by atoms with E-state index in [0.717, 1.165) is 18.3 Å². The average molecular weight is 215 g/mol. The number of imidazole rings is 1. The summed E-state index contributed by atoms with van der Waals surface area (Å²) in [5, 5.41) is 0.882. The number of hydrogen-bond donors (Lipinski definition) is 0. The fraction of sp³-hybridized carbons (Fsp3) is 0.625. The van der Waals surface area contributed by atoms with Crippen LogP contribution in [0, 0.1) is 0 Å². The molecule has 1 aromatic rings. The Morgan fingerprint density at radius 2 is 2.45 bits per heavy atom. The predicted octanol–water partition coefficient (Wildman–Crippen LogP) is 2.11. The number of hydrogen-bond acceptors (Lipinski definition) is 1. The molecule has 0 atom stereocenters. The van der Waals surface area contributed by atoms with Crippen LogP contribution < -0.4 is 0 Å². The first-order chi connectivity index (χ1) is 5.40. The van der Waals surface area contributed by atoms with Crippen LogP contribution in [-0.2, 0) is 18.3 Å². The highest BCUT2D eigenvalue weighted by molar-refractivity contribution is 9.08. The van der Waals surface area contributed by atoms with Gasteiger partial charge in [0, 0.05) is 24.5 Å². The van der Waals surface area contributed by atoms with Crippen LogP contribution in [0.5, 0.6) is 0 Å². The Labute approximate surface area is 74.8 Å². The minimum atomic E-state index is 0.882. The zero-order chi connectivity index (χ0) is 7.68. The van der Waals surface area contributed by atoms with Crippen molar-refractivity contribution in [3.63, 3.8) is 0 Å². The van der Waals surface area contributed by atoms with Gasteiger partial charge in [-0.15, -0.1) is 0 Å². The smallest absolute Gasteiger partial charge is 0.108 e. The van der Waals surface area contributed by atoms with Gasteiger partial charge < -0.3 is 4.57 Å². The normalized spacial score (nSPS) is 16.5. The highest BCUT2D eigenvalue weighted by Gasteiger charge is 2.10. The van der Waals surface area contributed by atoms with E-state index in [9.17, 15) is 0 Å². The van der Waals surface area contributed by atoms with Crippen molar-refractivity contribution < 1.29 is 0 Å². The summed E-state index contributed by atoms with van der Waals surface area (Å²) in [6.45, 7) is 1.16. The third-order valence-electron chi connectivity index (χ3n) is 2.10. The SMILES string of the molecule is BrCc1cn2c(n1)CCCC2. The standard InChI is InChI=1S/C8H11BrN2/c9-5-7-6-11-4-2-1-3-8(11)10-7/h6H,1-5H2. The Hall–Kier alpha value is -0.310. The van der Waals surface area contributed by atoms with Gasteiger partial charge in [0.05, 0.1) is 5.69 Å². The summed E-state index contributed by atoms with van der Waals surface area (Å²) < 4.78 is 2.28. The van der Waals surface area contributed by atoms with Crippen LogP contribution >= 0.6 is 15.9 Å². The zero-order valence-electron chi connectivity index (χ0n) is 6.39. The second-order valence-corrected chi connectivity index (χ2v) is 3.49. The van der Waals surface area contributed by atoms with E-state index in [1.54, 1.807) is 0 Å². The number of nitrogens with zero attached hydrogens (tertiary/aromatic N) is 2. The van der Waals surface area contributed by atoms with Crippen LogP contribution in [0.4, 0.5) is 0 Å². The van der Waals surface area contributed by atoms with Crippen molar-refractivity contribution in [1.29, 1.82) is 0 Å². The predicted molar refractivity (Wildman–Crippen MR) is 47.8 cm³/mol. The third kappa shape index (κ3) is 1.34. The minimum absolute atomic E-state index is 0.882. The van der Waals surface area contributed by atoms with E-state index < -0.39 is 0 Å². The van der Waals surface area contributed by atoms with E-state index in [1.807, 2.05) is 0 Å². The maximum atomic E-state index is 4.49. The first-order valence-corrected chi connectivity index (χ1v) is 5.13. The van der Waals surface area contributed by atoms with Crippen LogP contribution in [0.3, 0.4) is 0 Å². The van der Waals surface area contributed by atoms with Gasteiger partial charge in [-0.1, -0.05) is 15.9 Å². The van der Waals surface area contributed by atoms with Gasteiger partial charge in [0.25, 0.3) is 0 Å². The summed E-state index contributed by atoms with van der Waals surface area (Å²) in [6.07, 6.45) is 5.93. The van der Waals surface area contributed by atoms with Crippen LogP contribution in [0.15, 0.2) is 6.20 Å². The van der Waals surface area contributed by atoms with Crippen molar-refractivity contribution in [3.8, 4) is 0 Å². The Balaban J connectivity index is 2.32. The fourth-order valence-corrected chi connectivity index (χ4v) is 1.81. The number of aryl methyl sites for hydroxylation is 2. The molecule has 2 rings (SSSR count). The van der Waals surface area contributed by atoms with Crippen molar-refractivity contribution in [1.82, 2.24) is 9.55 Å². The molecule has 0 amide bonds. The van der Waals surface area contributed by atoms with E-state index in [4.69, 9.17) is 0 Å². The number of halogens is 1. The Morgan fingerprint density at radius 1 is 1.55 bits per heavy atom. The van der Waals surface area contributed by atoms with E-state index >= 15 is 0 Å². The summed E-state index contributed by atoms with van der Waals surface area (Å²) in [5.41, 5.74) is 1.17. The van der Waals surface area contributed by atoms with Gasteiger partial charge in [-0.25, -0.2) is 4.98 Å². The van der Waals surface area contributed by atoms with Gasteiger partial charge in [0.2, 0.25) is 0 Å². The summed E-state index contributed by atoms with van der Waals surface area (Å²) in [6, 6.07) is 0. The lowest BCUT2D eigenvalue weighted by Gasteiger charge is -2.11. The van der Waals surface area contributed by atoms with Gasteiger partial charge in [-0.3, -0.25) is 0 Å². The maximum absolute atomic E-state index is 4.49. The van der Waals surface area contributed by atoms with Crippen molar-refractivity contribution in [2.45, 2.75) is 31.1 Å². The van der Waals surface area contributed by atoms with Crippen LogP contribution in [0.1, 0.15) is 24.4 Å². The molecular weight excluding hydrogens is 204 g/mol. The molecule has 3 heteroatoms. The van der Waals surface area contributed by atoms with Crippen molar-refractivity contribution in [2.24, 2.45) is 0 Å². The first-order valence-electron chi connectivity index (χ1n) is 4.01. The number of fused-ring (bicyclic) bond motifs is 1. The van der Waals surface area contributed by atoms with Gasteiger partial charge in [0.15, 0.2) is 0 Å². The molecule has 0 radical (unpaired) electrons. The van der Waals surface area contributed by atoms with Gasteiger partial charge >= 0.3 is 0 Å². The quantitative estimate of drug-likeness (QED) is 0.656. The number of alkyl halides is 1. The molecular formula is C8H11BrN2. The lowest BCUT2D eigenvalue weighted by Crippen LogP contribution is -2.08. The van der Waals surface area contributed by atoms with Crippen molar-refractivity contribution in [3.05, 3.63) is 17.7 Å². The lowest BCUT2D eigenvalue weighted by atomic mass is 10.2. The summed E-state index contributed by atoms with van der Waals surface area (Å²) in [7, 11) is 0. The zero-order valence-corrected chi connectivity index (χ0v) is 7.97. The molecule has 60 valence electrons. The summed E-state index contributed by atoms with van der Waals surface area (Å²) in [5.74, 6) is 1.27. The molecule has 0 spiro atoms. The minimum Gasteiger partial charge on any atom is -0.335 e. The second-order valence-electron chi connectivity index (χ2n) is 2.93. The van der Waals surface area contributed by atoms with Gasteiger partial charge in [0.1, 0.15) is 5.82 Å². The van der Waals surface area contributed by atoms with E-state index in [0.29, 0.717) is 0 Å². The molecule has 0 bridgehead atoms. The molecule has 0 N–H and O–H groups in total. The summed E-state index contributed by atoms with van der Waals surface area (Å²) in [4.78, 5) is 4.49. The molecule has 0 aliphatic carbocycles. The molecule has 2 heterocycles. The number of rotatable bonds is 1. The molecule has 0 saturated carbocycles. The Bertz CT molecular complexity index is 231. The van der Waals surface area contributed by atoms with Gasteiger partial charge in [-0.2, -0.15) is 0 Å². The molecule has 0 saturated heterocycles. The molecule has 1 aliphatic rings. The van der Waals surface area contributed by atoms with Crippen molar-refractivity contribution in [2.75, 3.05) is 0 Å². The van der Waals surface area contributed by atoms with E-state index in [-0.39, 0.29) is 0 Å². The summed E-state index contributed by atoms with van der Waals surface area (Å²) >= 11 is 3.41. The Morgan fingerprint density at radius 3 is 3.18 bits per heavy atom. The Kier molecular flexibility index (Phi) is 1.98. The van der Waals surface area contributed by atoms with E-state index in [2.05, 4.69) is 31.7 Å². The van der Waals surface area contributed by atoms with Crippen LogP contribution in [0.25, 0.3) is 0 Å². The monoisotopic (exact) mass is 214 g/mol. The highest BCUT2D eigenvalue weighted by atomic mass is 79.9. The molecule has 1 aliphatic heterocycles. The van der Waals surface area contributed by atoms with E-state index in [1.165, 1.54) is 24.4 Å². The largest absolute Gasteiger partial charge is 0.335 e. The topological polar surface area (TPSA) is 17.8 Å². The maximum Gasteiger partial charge on any atom is 0.108 e. The molecule has 0 unspecified atom stereocenters. The molecule has 0 fully saturated rings. The van der Waals surface area contributed by atoms with Crippen LogP contribution in [0.2, 0.25) is 0 Å². The lowest BCUT2D eigenvalue weighted by molar-refractivity contribution is 0.522. The third-order valence-corrected chi connectivity index (χ3v) is 2.67. The molecule has 0 aromatic carbocycles. The van der Waals surface area contributed by atoms with Gasteiger partial charge in [-0.05, 0) is 12.8 Å². The second kappa shape index (κ2) is 2.97. The molecule has 1 aromatic heterocycles. The average Bonchev–Trinajstić information content (AvgIpc) is 2.46. The fourth-order valence-electron chi connectivity index (χ4n) is 1.54. The van der Waals surface area contributed by atoms with Crippen molar-refractivity contribution >= 4 is 15.9 Å².